The molecule has 2 aromatic rings. The molecule has 8 nitrogen and oxygen atoms in total. The maximum Gasteiger partial charge on any atom is 0.408 e. The molecule has 0 saturated carbocycles. The molecule has 2 unspecified atom stereocenters. The zero-order valence-electron chi connectivity index (χ0n) is 15.8. The monoisotopic (exact) mass is 396 g/mol. The van der Waals surface area contributed by atoms with Crippen molar-refractivity contribution in [3.05, 3.63) is 29.6 Å². The maximum absolute atomic E-state index is 14.1. The summed E-state index contributed by atoms with van der Waals surface area (Å²) in [5.74, 6) is -2.77. The highest BCUT2D eigenvalue weighted by molar-refractivity contribution is 5.85. The van der Waals surface area contributed by atoms with Crippen LogP contribution in [0.3, 0.4) is 0 Å². The number of benzene rings is 1. The van der Waals surface area contributed by atoms with Crippen LogP contribution >= 0.6 is 0 Å². The summed E-state index contributed by atoms with van der Waals surface area (Å²) in [4.78, 5) is 32.5. The molecule has 1 saturated heterocycles. The lowest BCUT2D eigenvalue weighted by Crippen LogP contribution is -2.58. The van der Waals surface area contributed by atoms with Crippen LogP contribution in [0.1, 0.15) is 39.4 Å². The number of hydrogen-bond acceptors (Lipinski definition) is 5. The Hall–Kier alpha value is -2.75. The number of ether oxygens (including phenoxy) is 1. The summed E-state index contributed by atoms with van der Waals surface area (Å²) in [5.41, 5.74) is 3.74. The molecule has 2 atom stereocenters. The van der Waals surface area contributed by atoms with E-state index in [4.69, 9.17) is 10.5 Å². The van der Waals surface area contributed by atoms with Gasteiger partial charge in [0.2, 0.25) is 0 Å². The van der Waals surface area contributed by atoms with Crippen LogP contribution in [0.15, 0.2) is 12.1 Å². The number of esters is 1. The summed E-state index contributed by atoms with van der Waals surface area (Å²) in [6.45, 7) is 5.04. The largest absolute Gasteiger partial charge is 0.465 e. The van der Waals surface area contributed by atoms with E-state index in [9.17, 15) is 23.5 Å². The fourth-order valence-corrected chi connectivity index (χ4v) is 3.40. The first-order chi connectivity index (χ1) is 12.9. The molecular formula is C18H22F2N4O4. The van der Waals surface area contributed by atoms with Crippen molar-refractivity contribution < 1.29 is 28.2 Å². The molecular weight excluding hydrogens is 374 g/mol. The van der Waals surface area contributed by atoms with Crippen molar-refractivity contribution >= 4 is 23.1 Å². The Morgan fingerprint density at radius 3 is 2.64 bits per heavy atom. The Kier molecular flexibility index (Phi) is 4.78. The van der Waals surface area contributed by atoms with Crippen molar-refractivity contribution in [3.63, 3.8) is 0 Å². The number of carbonyl (C=O) groups is 2. The highest BCUT2D eigenvalue weighted by Crippen LogP contribution is 2.39. The molecule has 10 heteroatoms. The Labute approximate surface area is 159 Å². The Morgan fingerprint density at radius 2 is 2.07 bits per heavy atom. The van der Waals surface area contributed by atoms with Crippen molar-refractivity contribution in [3.8, 4) is 0 Å². The minimum atomic E-state index is -1.42. The third-order valence-corrected chi connectivity index (χ3v) is 4.77. The predicted molar refractivity (Wildman–Crippen MR) is 95.5 cm³/mol. The van der Waals surface area contributed by atoms with E-state index >= 15 is 0 Å². The zero-order valence-corrected chi connectivity index (χ0v) is 15.8. The molecule has 1 aromatic heterocycles. The lowest BCUT2D eigenvalue weighted by Gasteiger charge is -2.42. The Balaban J connectivity index is 2.11. The van der Waals surface area contributed by atoms with Gasteiger partial charge in [-0.2, -0.15) is 0 Å². The van der Waals surface area contributed by atoms with Crippen LogP contribution < -0.4 is 5.73 Å². The lowest BCUT2D eigenvalue weighted by atomic mass is 9.76. The molecule has 1 aromatic carbocycles. The average Bonchev–Trinajstić information content (AvgIpc) is 3.01. The first-order valence-electron chi connectivity index (χ1n) is 8.77. The first kappa shape index (κ1) is 20.0. The van der Waals surface area contributed by atoms with E-state index in [0.29, 0.717) is 0 Å². The summed E-state index contributed by atoms with van der Waals surface area (Å²) in [7, 11) is 0. The summed E-state index contributed by atoms with van der Waals surface area (Å²) in [5, 5.41) is 9.27. The van der Waals surface area contributed by atoms with E-state index in [1.165, 1.54) is 6.07 Å². The first-order valence-corrected chi connectivity index (χ1v) is 8.77. The molecule has 28 heavy (non-hydrogen) atoms. The topological polar surface area (TPSA) is 122 Å². The van der Waals surface area contributed by atoms with E-state index in [1.807, 2.05) is 0 Å². The lowest BCUT2D eigenvalue weighted by molar-refractivity contribution is -0.165. The van der Waals surface area contributed by atoms with E-state index in [-0.39, 0.29) is 36.2 Å². The highest BCUT2D eigenvalue weighted by Gasteiger charge is 2.51. The molecule has 152 valence electrons. The highest BCUT2D eigenvalue weighted by atomic mass is 19.2. The van der Waals surface area contributed by atoms with Gasteiger partial charge in [0.05, 0.1) is 11.7 Å². The van der Waals surface area contributed by atoms with Crippen LogP contribution in [0.25, 0.3) is 11.0 Å². The van der Waals surface area contributed by atoms with Crippen molar-refractivity contribution in [2.45, 2.75) is 50.8 Å². The maximum atomic E-state index is 14.1. The van der Waals surface area contributed by atoms with Gasteiger partial charge in [-0.15, -0.1) is 0 Å². The zero-order chi connectivity index (χ0) is 20.9. The number of hydrogen-bond donors (Lipinski definition) is 3. The molecule has 1 amide bonds. The van der Waals surface area contributed by atoms with Crippen LogP contribution in [0.4, 0.5) is 13.6 Å². The van der Waals surface area contributed by atoms with Gasteiger partial charge in [0.15, 0.2) is 11.6 Å². The number of fused-ring (bicyclic) bond motifs is 1. The molecule has 0 spiro atoms. The summed E-state index contributed by atoms with van der Waals surface area (Å²) in [6.07, 6.45) is -2.28. The van der Waals surface area contributed by atoms with Crippen LogP contribution in [0, 0.1) is 11.6 Å². The number of imidazole rings is 1. The van der Waals surface area contributed by atoms with Gasteiger partial charge in [-0.1, -0.05) is 0 Å². The van der Waals surface area contributed by atoms with E-state index in [1.54, 1.807) is 20.8 Å². The third-order valence-electron chi connectivity index (χ3n) is 4.77. The minimum absolute atomic E-state index is 0.0336. The molecule has 0 aliphatic carbocycles. The van der Waals surface area contributed by atoms with Gasteiger partial charge in [-0.05, 0) is 39.3 Å². The SMILES string of the molecule is CC(C)(C)OC(=O)C1(c2nc3c(F)c(F)ccc3[nH]2)CCN(C(=O)O)C(N)C1. The number of likely N-dealkylation sites (tertiary alicyclic amines) is 1. The van der Waals surface area contributed by atoms with Crippen LogP contribution in [-0.4, -0.2) is 50.3 Å². The van der Waals surface area contributed by atoms with Gasteiger partial charge in [0.25, 0.3) is 0 Å². The van der Waals surface area contributed by atoms with Gasteiger partial charge in [-0.25, -0.2) is 18.6 Å². The van der Waals surface area contributed by atoms with Crippen molar-refractivity contribution in [1.29, 1.82) is 0 Å². The van der Waals surface area contributed by atoms with Gasteiger partial charge >= 0.3 is 12.1 Å². The summed E-state index contributed by atoms with van der Waals surface area (Å²) in [6, 6.07) is 2.28. The van der Waals surface area contributed by atoms with Crippen molar-refractivity contribution in [1.82, 2.24) is 14.9 Å². The van der Waals surface area contributed by atoms with Crippen molar-refractivity contribution in [2.24, 2.45) is 5.73 Å². The second-order valence-electron chi connectivity index (χ2n) is 7.92. The molecule has 2 heterocycles. The fourth-order valence-electron chi connectivity index (χ4n) is 3.40. The number of piperidine rings is 1. The van der Waals surface area contributed by atoms with E-state index in [0.717, 1.165) is 11.0 Å². The quantitative estimate of drug-likeness (QED) is 0.671. The fraction of sp³-hybridized carbons (Fsp3) is 0.500. The number of carboxylic acid groups (broad SMARTS) is 1. The normalized spacial score (nSPS) is 23.1. The Morgan fingerprint density at radius 1 is 1.39 bits per heavy atom. The Bertz CT molecular complexity index is 940. The van der Waals surface area contributed by atoms with Crippen molar-refractivity contribution in [2.75, 3.05) is 6.54 Å². The molecule has 0 bridgehead atoms. The smallest absolute Gasteiger partial charge is 0.408 e. The third kappa shape index (κ3) is 3.39. The number of rotatable bonds is 2. The van der Waals surface area contributed by atoms with Crippen LogP contribution in [0.5, 0.6) is 0 Å². The second kappa shape index (κ2) is 6.69. The molecule has 1 aliphatic heterocycles. The average molecular weight is 396 g/mol. The molecule has 1 aliphatic rings. The molecule has 1 fully saturated rings. The van der Waals surface area contributed by atoms with Gasteiger partial charge in [-0.3, -0.25) is 9.69 Å². The molecule has 3 rings (SSSR count). The number of aromatic amines is 1. The second-order valence-corrected chi connectivity index (χ2v) is 7.92. The summed E-state index contributed by atoms with van der Waals surface area (Å²) >= 11 is 0. The van der Waals surface area contributed by atoms with Crippen LogP contribution in [-0.2, 0) is 14.9 Å². The number of aromatic nitrogens is 2. The standard InChI is InChI=1S/C18H22F2N4O4/c1-17(2,3)28-15(25)18(6-7-24(16(26)27)11(21)8-18)14-22-10-5-4-9(19)12(20)13(10)23-14/h4-5,11H,6-8,21H2,1-3H3,(H,22,23)(H,26,27). The predicted octanol–water partition coefficient (Wildman–Crippen LogP) is 2.48. The summed E-state index contributed by atoms with van der Waals surface area (Å²) < 4.78 is 33.2. The van der Waals surface area contributed by atoms with Gasteiger partial charge in [0.1, 0.15) is 22.4 Å². The number of nitrogens with zero attached hydrogens (tertiary/aromatic N) is 2. The van der Waals surface area contributed by atoms with Crippen LogP contribution in [0.2, 0.25) is 0 Å². The van der Waals surface area contributed by atoms with E-state index in [2.05, 4.69) is 9.97 Å². The number of halogens is 2. The number of nitrogens with two attached hydrogens (primary N) is 1. The molecule has 4 N–H and O–H groups in total. The number of H-pyrrole nitrogens is 1. The molecule has 0 radical (unpaired) electrons. The van der Waals surface area contributed by atoms with Gasteiger partial charge in [0, 0.05) is 13.0 Å². The van der Waals surface area contributed by atoms with E-state index < -0.39 is 40.9 Å². The van der Waals surface area contributed by atoms with Gasteiger partial charge < -0.3 is 20.6 Å². The number of nitrogens with one attached hydrogen (secondary N) is 1. The number of amides is 1. The number of carbonyl (C=O) groups excluding carboxylic acids is 1. The minimum Gasteiger partial charge on any atom is -0.465 e.